The predicted octanol–water partition coefficient (Wildman–Crippen LogP) is 1.88. The Morgan fingerprint density at radius 3 is 2.79 bits per heavy atom. The molecular weight excluding hydrogens is 304 g/mol. The van der Waals surface area contributed by atoms with Crippen LogP contribution >= 0.6 is 0 Å². The van der Waals surface area contributed by atoms with E-state index in [0.29, 0.717) is 30.3 Å². The van der Waals surface area contributed by atoms with Crippen LogP contribution in [0.3, 0.4) is 0 Å². The van der Waals surface area contributed by atoms with Gasteiger partial charge in [0.2, 0.25) is 5.91 Å². The molecule has 2 fully saturated rings. The fraction of sp³-hybridized carbons (Fsp3) is 0.778. The summed E-state index contributed by atoms with van der Waals surface area (Å²) in [5.41, 5.74) is 0. The van der Waals surface area contributed by atoms with Gasteiger partial charge in [-0.1, -0.05) is 6.92 Å². The number of methoxy groups -OCH3 is 1. The second-order valence-corrected chi connectivity index (χ2v) is 7.14. The average molecular weight is 334 g/mol. The van der Waals surface area contributed by atoms with E-state index in [4.69, 9.17) is 4.74 Å². The molecule has 0 spiro atoms. The van der Waals surface area contributed by atoms with Crippen LogP contribution < -0.4 is 5.32 Å². The van der Waals surface area contributed by atoms with Crippen LogP contribution in [0.15, 0.2) is 12.4 Å². The number of imidazole rings is 1. The lowest BCUT2D eigenvalue weighted by molar-refractivity contribution is -0.140. The maximum absolute atomic E-state index is 12.6. The van der Waals surface area contributed by atoms with Gasteiger partial charge in [-0.2, -0.15) is 0 Å². The SMILES string of the molecule is CCC(COC)NC[C@H]1CCC(=O)N(C2CC2)[C@@H]1c1nccn1C. The third-order valence-electron chi connectivity index (χ3n) is 5.36. The van der Waals surface area contributed by atoms with Gasteiger partial charge in [0.1, 0.15) is 5.82 Å². The van der Waals surface area contributed by atoms with Crippen LogP contribution in [0.4, 0.5) is 0 Å². The highest BCUT2D eigenvalue weighted by molar-refractivity contribution is 5.78. The number of hydrogen-bond acceptors (Lipinski definition) is 4. The summed E-state index contributed by atoms with van der Waals surface area (Å²) in [5, 5.41) is 3.65. The molecule has 1 N–H and O–H groups in total. The summed E-state index contributed by atoms with van der Waals surface area (Å²) >= 11 is 0. The molecule has 1 aromatic heterocycles. The van der Waals surface area contributed by atoms with Gasteiger partial charge in [-0.05, 0) is 31.6 Å². The smallest absolute Gasteiger partial charge is 0.223 e. The number of nitrogens with one attached hydrogen (secondary N) is 1. The Balaban J connectivity index is 1.78. The number of aryl methyl sites for hydroxylation is 1. The number of ether oxygens (including phenoxy) is 1. The summed E-state index contributed by atoms with van der Waals surface area (Å²) in [6.45, 7) is 3.80. The molecule has 0 radical (unpaired) electrons. The van der Waals surface area contributed by atoms with E-state index in [1.807, 2.05) is 19.4 Å². The molecule has 24 heavy (non-hydrogen) atoms. The fourth-order valence-electron chi connectivity index (χ4n) is 3.81. The zero-order valence-electron chi connectivity index (χ0n) is 15.1. The standard InChI is InChI=1S/C18H30N4O2/c1-4-14(12-24-3)20-11-13-5-8-16(23)22(15-6-7-15)17(13)18-19-9-10-21(18)2/h9-10,13-15,17,20H,4-8,11-12H2,1-3H3/t13-,14?,17+/m1/s1. The van der Waals surface area contributed by atoms with Crippen LogP contribution in [0.25, 0.3) is 0 Å². The zero-order valence-corrected chi connectivity index (χ0v) is 15.1. The van der Waals surface area contributed by atoms with E-state index in [1.54, 1.807) is 7.11 Å². The minimum Gasteiger partial charge on any atom is -0.383 e. The molecule has 1 saturated heterocycles. The molecule has 6 nitrogen and oxygen atoms in total. The van der Waals surface area contributed by atoms with Gasteiger partial charge in [0.05, 0.1) is 12.6 Å². The Hall–Kier alpha value is -1.40. The van der Waals surface area contributed by atoms with Crippen molar-refractivity contribution in [2.75, 3.05) is 20.3 Å². The van der Waals surface area contributed by atoms with Crippen LogP contribution in [-0.2, 0) is 16.6 Å². The molecular formula is C18H30N4O2. The van der Waals surface area contributed by atoms with Crippen LogP contribution in [0.2, 0.25) is 0 Å². The quantitative estimate of drug-likeness (QED) is 0.788. The second kappa shape index (κ2) is 7.66. The Morgan fingerprint density at radius 2 is 2.21 bits per heavy atom. The summed E-state index contributed by atoms with van der Waals surface area (Å²) < 4.78 is 7.36. The number of nitrogens with zero attached hydrogens (tertiary/aromatic N) is 3. The van der Waals surface area contributed by atoms with Crippen molar-refractivity contribution in [3.8, 4) is 0 Å². The fourth-order valence-corrected chi connectivity index (χ4v) is 3.81. The van der Waals surface area contributed by atoms with E-state index >= 15 is 0 Å². The molecule has 6 heteroatoms. The van der Waals surface area contributed by atoms with Gasteiger partial charge in [-0.3, -0.25) is 4.79 Å². The lowest BCUT2D eigenvalue weighted by Crippen LogP contribution is -2.49. The van der Waals surface area contributed by atoms with Gasteiger partial charge < -0.3 is 19.5 Å². The predicted molar refractivity (Wildman–Crippen MR) is 92.5 cm³/mol. The largest absolute Gasteiger partial charge is 0.383 e. The average Bonchev–Trinajstić information content (AvgIpc) is 3.33. The van der Waals surface area contributed by atoms with Crippen molar-refractivity contribution < 1.29 is 9.53 Å². The van der Waals surface area contributed by atoms with Crippen molar-refractivity contribution in [2.45, 2.75) is 57.2 Å². The van der Waals surface area contributed by atoms with Crippen molar-refractivity contribution in [1.82, 2.24) is 19.8 Å². The molecule has 1 unspecified atom stereocenters. The molecule has 3 rings (SSSR count). The van der Waals surface area contributed by atoms with Crippen LogP contribution in [0.1, 0.15) is 50.9 Å². The van der Waals surface area contributed by atoms with Gasteiger partial charge >= 0.3 is 0 Å². The normalized spacial score (nSPS) is 26.0. The number of carbonyl (C=O) groups is 1. The summed E-state index contributed by atoms with van der Waals surface area (Å²) in [7, 11) is 3.77. The lowest BCUT2D eigenvalue weighted by atomic mass is 9.87. The van der Waals surface area contributed by atoms with Crippen molar-refractivity contribution in [1.29, 1.82) is 0 Å². The first kappa shape index (κ1) is 17.4. The van der Waals surface area contributed by atoms with Gasteiger partial charge in [-0.15, -0.1) is 0 Å². The first-order valence-corrected chi connectivity index (χ1v) is 9.16. The van der Waals surface area contributed by atoms with Gasteiger partial charge in [0.25, 0.3) is 0 Å². The minimum absolute atomic E-state index is 0.0892. The highest BCUT2D eigenvalue weighted by Crippen LogP contribution is 2.42. The summed E-state index contributed by atoms with van der Waals surface area (Å²) in [4.78, 5) is 19.3. The van der Waals surface area contributed by atoms with Crippen LogP contribution in [0.5, 0.6) is 0 Å². The highest BCUT2D eigenvalue weighted by atomic mass is 16.5. The molecule has 134 valence electrons. The lowest BCUT2D eigenvalue weighted by Gasteiger charge is -2.41. The number of aromatic nitrogens is 2. The molecule has 2 heterocycles. The summed E-state index contributed by atoms with van der Waals surface area (Å²) in [5.74, 6) is 1.71. The summed E-state index contributed by atoms with van der Waals surface area (Å²) in [6.07, 6.45) is 8.70. The Morgan fingerprint density at radius 1 is 1.42 bits per heavy atom. The molecule has 2 aliphatic rings. The first-order valence-electron chi connectivity index (χ1n) is 9.16. The third kappa shape index (κ3) is 3.64. The van der Waals surface area contributed by atoms with Gasteiger partial charge in [0, 0.05) is 51.6 Å². The second-order valence-electron chi connectivity index (χ2n) is 7.14. The minimum atomic E-state index is 0.0892. The Bertz CT molecular complexity index is 555. The van der Waals surface area contributed by atoms with Crippen molar-refractivity contribution in [2.24, 2.45) is 13.0 Å². The molecule has 1 aliphatic heterocycles. The molecule has 0 aromatic carbocycles. The van der Waals surface area contributed by atoms with E-state index in [2.05, 4.69) is 26.7 Å². The Kier molecular flexibility index (Phi) is 5.56. The number of amides is 1. The van der Waals surface area contributed by atoms with E-state index < -0.39 is 0 Å². The number of hydrogen-bond donors (Lipinski definition) is 1. The van der Waals surface area contributed by atoms with E-state index in [0.717, 1.165) is 44.7 Å². The molecule has 1 aromatic rings. The third-order valence-corrected chi connectivity index (χ3v) is 5.36. The van der Waals surface area contributed by atoms with E-state index in [1.165, 1.54) is 0 Å². The van der Waals surface area contributed by atoms with E-state index in [-0.39, 0.29) is 6.04 Å². The number of carbonyl (C=O) groups excluding carboxylic acids is 1. The maximum Gasteiger partial charge on any atom is 0.223 e. The molecule has 1 amide bonds. The first-order chi connectivity index (χ1) is 11.7. The number of piperidine rings is 1. The van der Waals surface area contributed by atoms with Crippen LogP contribution in [-0.4, -0.2) is 52.7 Å². The number of rotatable bonds is 8. The van der Waals surface area contributed by atoms with Gasteiger partial charge in [0.15, 0.2) is 0 Å². The number of likely N-dealkylation sites (tertiary alicyclic amines) is 1. The van der Waals surface area contributed by atoms with E-state index in [9.17, 15) is 4.79 Å². The monoisotopic (exact) mass is 334 g/mol. The van der Waals surface area contributed by atoms with Crippen LogP contribution in [0, 0.1) is 5.92 Å². The highest BCUT2D eigenvalue weighted by Gasteiger charge is 2.45. The van der Waals surface area contributed by atoms with Crippen molar-refractivity contribution in [3.63, 3.8) is 0 Å². The maximum atomic E-state index is 12.6. The van der Waals surface area contributed by atoms with Crippen molar-refractivity contribution >= 4 is 5.91 Å². The molecule has 1 aliphatic carbocycles. The summed E-state index contributed by atoms with van der Waals surface area (Å²) in [6, 6.07) is 0.873. The van der Waals surface area contributed by atoms with Gasteiger partial charge in [-0.25, -0.2) is 4.98 Å². The molecule has 1 saturated carbocycles. The topological polar surface area (TPSA) is 59.4 Å². The Labute approximate surface area is 144 Å². The molecule has 0 bridgehead atoms. The molecule has 3 atom stereocenters. The zero-order chi connectivity index (χ0) is 17.1. The van der Waals surface area contributed by atoms with Crippen molar-refractivity contribution in [3.05, 3.63) is 18.2 Å².